The van der Waals surface area contributed by atoms with Gasteiger partial charge in [-0.25, -0.2) is 27.3 Å². The molecule has 0 fully saturated rings. The van der Waals surface area contributed by atoms with E-state index in [4.69, 9.17) is 4.74 Å². The predicted molar refractivity (Wildman–Crippen MR) is 93.2 cm³/mol. The highest BCUT2D eigenvalue weighted by Crippen LogP contribution is 2.21. The molecule has 0 N–H and O–H groups in total. The lowest BCUT2D eigenvalue weighted by Crippen LogP contribution is -2.14. The number of hydrogen-bond donors (Lipinski definition) is 0. The summed E-state index contributed by atoms with van der Waals surface area (Å²) < 4.78 is 60.9. The maximum atomic E-state index is 13.9. The molecule has 0 amide bonds. The van der Waals surface area contributed by atoms with Crippen LogP contribution in [-0.4, -0.2) is 22.1 Å². The van der Waals surface area contributed by atoms with Gasteiger partial charge in [0, 0.05) is 17.7 Å². The van der Waals surface area contributed by atoms with Gasteiger partial charge in [-0.05, 0) is 49.7 Å². The second-order valence-electron chi connectivity index (χ2n) is 5.91. The summed E-state index contributed by atoms with van der Waals surface area (Å²) in [5.74, 6) is -4.10. The summed E-state index contributed by atoms with van der Waals surface area (Å²) in [6.45, 7) is 1.79. The van der Waals surface area contributed by atoms with E-state index in [1.807, 2.05) is 0 Å². The lowest BCUT2D eigenvalue weighted by molar-refractivity contribution is 0.0516. The van der Waals surface area contributed by atoms with Crippen LogP contribution >= 0.6 is 0 Å². The number of carbonyl (C=O) groups is 1. The van der Waals surface area contributed by atoms with E-state index >= 15 is 0 Å². The molecule has 0 aliphatic heterocycles. The maximum Gasteiger partial charge on any atom is 0.356 e. The van der Waals surface area contributed by atoms with Gasteiger partial charge >= 0.3 is 5.97 Å². The van der Waals surface area contributed by atoms with Gasteiger partial charge in [-0.2, -0.15) is 0 Å². The molecule has 0 aliphatic rings. The number of hydrogen-bond acceptors (Lipinski definition) is 3. The largest absolute Gasteiger partial charge is 0.461 e. The maximum absolute atomic E-state index is 13.9. The standard InChI is InChI=1S/C20H16F4N2O2/c1-2-28-20(27)17-11-25-18(26(17)13-5-3-12(21)4-6-13)10-7-14-15(22)8-9-16(23)19(14)24/h3-6,8-9,11H,2,7,10H2,1H3. The van der Waals surface area contributed by atoms with Crippen LogP contribution in [0.5, 0.6) is 0 Å². The van der Waals surface area contributed by atoms with Crippen molar-refractivity contribution in [3.8, 4) is 5.69 Å². The van der Waals surface area contributed by atoms with Crippen LogP contribution in [0.3, 0.4) is 0 Å². The van der Waals surface area contributed by atoms with Gasteiger partial charge in [0.25, 0.3) is 0 Å². The molecule has 0 radical (unpaired) electrons. The molecule has 2 aromatic carbocycles. The Balaban J connectivity index is 1.98. The molecule has 8 heteroatoms. The van der Waals surface area contributed by atoms with Crippen molar-refractivity contribution in [3.63, 3.8) is 0 Å². The van der Waals surface area contributed by atoms with E-state index in [2.05, 4.69) is 4.98 Å². The van der Waals surface area contributed by atoms with Gasteiger partial charge < -0.3 is 4.74 Å². The summed E-state index contributed by atoms with van der Waals surface area (Å²) >= 11 is 0. The van der Waals surface area contributed by atoms with E-state index in [1.165, 1.54) is 35.0 Å². The third-order valence-electron chi connectivity index (χ3n) is 4.14. The summed E-state index contributed by atoms with van der Waals surface area (Å²) in [6, 6.07) is 6.86. The molecule has 3 rings (SSSR count). The summed E-state index contributed by atoms with van der Waals surface area (Å²) in [6.07, 6.45) is 1.10. The summed E-state index contributed by atoms with van der Waals surface area (Å²) in [4.78, 5) is 16.4. The minimum absolute atomic E-state index is 0.00801. The number of carbonyl (C=O) groups excluding carboxylic acids is 1. The lowest BCUT2D eigenvalue weighted by Gasteiger charge is -2.12. The van der Waals surface area contributed by atoms with Gasteiger partial charge in [-0.1, -0.05) is 0 Å². The Morgan fingerprint density at radius 2 is 1.68 bits per heavy atom. The van der Waals surface area contributed by atoms with Crippen LogP contribution < -0.4 is 0 Å². The number of imidazole rings is 1. The van der Waals surface area contributed by atoms with Crippen molar-refractivity contribution in [1.29, 1.82) is 0 Å². The summed E-state index contributed by atoms with van der Waals surface area (Å²) in [5.41, 5.74) is 0.104. The molecule has 1 heterocycles. The second-order valence-corrected chi connectivity index (χ2v) is 5.91. The van der Waals surface area contributed by atoms with Crippen molar-refractivity contribution in [1.82, 2.24) is 9.55 Å². The molecule has 0 spiro atoms. The number of halogens is 4. The van der Waals surface area contributed by atoms with Crippen LogP contribution in [0.4, 0.5) is 17.6 Å². The first kappa shape index (κ1) is 19.6. The SMILES string of the molecule is CCOC(=O)c1cnc(CCc2c(F)ccc(F)c2F)n1-c1ccc(F)cc1. The first-order valence-electron chi connectivity index (χ1n) is 8.54. The predicted octanol–water partition coefficient (Wildman–Crippen LogP) is 4.39. The van der Waals surface area contributed by atoms with Gasteiger partial charge in [0.1, 0.15) is 17.5 Å². The number of ether oxygens (including phenoxy) is 1. The van der Waals surface area contributed by atoms with Crippen molar-refractivity contribution in [2.45, 2.75) is 19.8 Å². The molecule has 4 nitrogen and oxygen atoms in total. The molecule has 0 saturated heterocycles. The Bertz CT molecular complexity index is 1000. The molecular formula is C20H16F4N2O2. The topological polar surface area (TPSA) is 44.1 Å². The molecule has 0 unspecified atom stereocenters. The van der Waals surface area contributed by atoms with Crippen LogP contribution in [0.25, 0.3) is 5.69 Å². The van der Waals surface area contributed by atoms with Crippen LogP contribution in [0.1, 0.15) is 28.8 Å². The molecule has 1 aromatic heterocycles. The average molecular weight is 392 g/mol. The van der Waals surface area contributed by atoms with Crippen LogP contribution in [0, 0.1) is 23.3 Å². The van der Waals surface area contributed by atoms with Crippen molar-refractivity contribution in [2.24, 2.45) is 0 Å². The fourth-order valence-electron chi connectivity index (χ4n) is 2.83. The fraction of sp³-hybridized carbons (Fsp3) is 0.200. The van der Waals surface area contributed by atoms with E-state index in [9.17, 15) is 22.4 Å². The minimum Gasteiger partial charge on any atom is -0.461 e. The average Bonchev–Trinajstić information content (AvgIpc) is 3.10. The Hall–Kier alpha value is -3.16. The highest BCUT2D eigenvalue weighted by molar-refractivity contribution is 5.88. The van der Waals surface area contributed by atoms with Gasteiger partial charge in [0.05, 0.1) is 12.8 Å². The highest BCUT2D eigenvalue weighted by Gasteiger charge is 2.20. The number of benzene rings is 2. The fourth-order valence-corrected chi connectivity index (χ4v) is 2.83. The third-order valence-corrected chi connectivity index (χ3v) is 4.14. The quantitative estimate of drug-likeness (QED) is 0.355. The third kappa shape index (κ3) is 3.90. The monoisotopic (exact) mass is 392 g/mol. The van der Waals surface area contributed by atoms with E-state index < -0.39 is 34.8 Å². The van der Waals surface area contributed by atoms with Crippen molar-refractivity contribution in [3.05, 3.63) is 82.9 Å². The molecule has 0 bridgehead atoms. The number of esters is 1. The molecular weight excluding hydrogens is 376 g/mol. The van der Waals surface area contributed by atoms with Gasteiger partial charge in [-0.3, -0.25) is 4.57 Å². The van der Waals surface area contributed by atoms with Gasteiger partial charge in [0.2, 0.25) is 0 Å². The van der Waals surface area contributed by atoms with Gasteiger partial charge in [-0.15, -0.1) is 0 Å². The van der Waals surface area contributed by atoms with E-state index in [1.54, 1.807) is 6.92 Å². The number of rotatable bonds is 6. The number of nitrogens with zero attached hydrogens (tertiary/aromatic N) is 2. The Kier molecular flexibility index (Phi) is 5.77. The Morgan fingerprint density at radius 1 is 1.00 bits per heavy atom. The molecule has 146 valence electrons. The van der Waals surface area contributed by atoms with E-state index in [0.717, 1.165) is 6.07 Å². The van der Waals surface area contributed by atoms with Crippen LogP contribution in [-0.2, 0) is 17.6 Å². The Labute approximate surface area is 158 Å². The zero-order chi connectivity index (χ0) is 20.3. The zero-order valence-corrected chi connectivity index (χ0v) is 14.9. The Morgan fingerprint density at radius 3 is 2.36 bits per heavy atom. The summed E-state index contributed by atoms with van der Waals surface area (Å²) in [7, 11) is 0. The first-order chi connectivity index (χ1) is 13.4. The lowest BCUT2D eigenvalue weighted by atomic mass is 10.1. The molecule has 0 atom stereocenters. The highest BCUT2D eigenvalue weighted by atomic mass is 19.2. The van der Waals surface area contributed by atoms with Gasteiger partial charge in [0.15, 0.2) is 17.3 Å². The van der Waals surface area contributed by atoms with Crippen molar-refractivity contribution < 1.29 is 27.1 Å². The van der Waals surface area contributed by atoms with Crippen molar-refractivity contribution >= 4 is 5.97 Å². The van der Waals surface area contributed by atoms with E-state index in [0.29, 0.717) is 11.8 Å². The smallest absolute Gasteiger partial charge is 0.356 e. The van der Waals surface area contributed by atoms with Crippen molar-refractivity contribution in [2.75, 3.05) is 6.61 Å². The molecule has 0 saturated carbocycles. The number of aryl methyl sites for hydroxylation is 1. The minimum atomic E-state index is -1.26. The second kappa shape index (κ2) is 8.24. The zero-order valence-electron chi connectivity index (χ0n) is 14.9. The normalized spacial score (nSPS) is 10.9. The molecule has 0 aliphatic carbocycles. The number of aromatic nitrogens is 2. The molecule has 3 aromatic rings. The van der Waals surface area contributed by atoms with Crippen LogP contribution in [0.15, 0.2) is 42.6 Å². The van der Waals surface area contributed by atoms with Crippen LogP contribution in [0.2, 0.25) is 0 Å². The first-order valence-corrected chi connectivity index (χ1v) is 8.54. The van der Waals surface area contributed by atoms with E-state index in [-0.39, 0.29) is 31.0 Å². The molecule has 28 heavy (non-hydrogen) atoms. The summed E-state index contributed by atoms with van der Waals surface area (Å²) in [5, 5.41) is 0.